The fraction of sp³-hybridized carbons (Fsp3) is 0.476. The van der Waals surface area contributed by atoms with Gasteiger partial charge in [0.2, 0.25) is 0 Å². The van der Waals surface area contributed by atoms with Crippen molar-refractivity contribution in [2.24, 2.45) is 0 Å². The quantitative estimate of drug-likeness (QED) is 0.817. The molecule has 3 heterocycles. The highest BCUT2D eigenvalue weighted by molar-refractivity contribution is 7.14. The van der Waals surface area contributed by atoms with Crippen LogP contribution in [0.1, 0.15) is 76.0 Å². The van der Waals surface area contributed by atoms with Crippen molar-refractivity contribution in [2.75, 3.05) is 6.54 Å². The largest absolute Gasteiger partial charge is 0.505 e. The zero-order valence-corrected chi connectivity index (χ0v) is 16.6. The van der Waals surface area contributed by atoms with Crippen LogP contribution in [0.3, 0.4) is 0 Å². The number of pyridine rings is 1. The molecule has 1 unspecified atom stereocenters. The standard InChI is InChI=1S/C21H25N3O3S/c25-16-9-4-12-22-19(16)21(27)24-13-5-8-15(24)17-10-11-18(28-17)20(26)23-14-6-2-1-3-7-14/h4,9-12,14-15,25H,1-3,5-8,13H2,(H,23,26). The Hall–Kier alpha value is -2.41. The van der Waals surface area contributed by atoms with E-state index in [9.17, 15) is 14.7 Å². The lowest BCUT2D eigenvalue weighted by Gasteiger charge is -2.24. The lowest BCUT2D eigenvalue weighted by atomic mass is 9.95. The van der Waals surface area contributed by atoms with E-state index in [0.29, 0.717) is 11.4 Å². The van der Waals surface area contributed by atoms with E-state index in [0.717, 1.165) is 30.6 Å². The number of rotatable bonds is 4. The van der Waals surface area contributed by atoms with Crippen LogP contribution in [0.5, 0.6) is 5.75 Å². The van der Waals surface area contributed by atoms with Gasteiger partial charge in [-0.3, -0.25) is 9.59 Å². The van der Waals surface area contributed by atoms with Crippen LogP contribution in [0.25, 0.3) is 0 Å². The van der Waals surface area contributed by atoms with Crippen LogP contribution in [-0.2, 0) is 0 Å². The van der Waals surface area contributed by atoms with Crippen LogP contribution in [0.4, 0.5) is 0 Å². The van der Waals surface area contributed by atoms with Gasteiger partial charge in [0, 0.05) is 23.7 Å². The Bertz CT molecular complexity index is 860. The molecular weight excluding hydrogens is 374 g/mol. The Labute approximate surface area is 168 Å². The van der Waals surface area contributed by atoms with Gasteiger partial charge in [-0.25, -0.2) is 4.98 Å². The molecule has 1 aliphatic heterocycles. The average Bonchev–Trinajstić information content (AvgIpc) is 3.38. The number of nitrogens with one attached hydrogen (secondary N) is 1. The first-order valence-electron chi connectivity index (χ1n) is 9.99. The second-order valence-electron chi connectivity index (χ2n) is 7.54. The molecule has 2 aromatic heterocycles. The van der Waals surface area contributed by atoms with E-state index < -0.39 is 0 Å². The molecule has 2 aromatic rings. The molecule has 1 atom stereocenters. The number of hydrogen-bond acceptors (Lipinski definition) is 5. The third-order valence-electron chi connectivity index (χ3n) is 5.62. The van der Waals surface area contributed by atoms with Crippen LogP contribution in [-0.4, -0.2) is 39.4 Å². The van der Waals surface area contributed by atoms with Gasteiger partial charge in [-0.15, -0.1) is 11.3 Å². The van der Waals surface area contributed by atoms with Gasteiger partial charge in [0.1, 0.15) is 5.75 Å². The topological polar surface area (TPSA) is 82.5 Å². The van der Waals surface area contributed by atoms with Crippen molar-refractivity contribution in [3.63, 3.8) is 0 Å². The number of thiophene rings is 1. The van der Waals surface area contributed by atoms with Crippen LogP contribution in [0.15, 0.2) is 30.5 Å². The Morgan fingerprint density at radius 2 is 1.93 bits per heavy atom. The van der Waals surface area contributed by atoms with Gasteiger partial charge < -0.3 is 15.3 Å². The van der Waals surface area contributed by atoms with Crippen molar-refractivity contribution in [1.29, 1.82) is 0 Å². The number of likely N-dealkylation sites (tertiary alicyclic amines) is 1. The first-order chi connectivity index (χ1) is 13.6. The Kier molecular flexibility index (Phi) is 5.62. The van der Waals surface area contributed by atoms with Gasteiger partial charge >= 0.3 is 0 Å². The molecule has 2 N–H and O–H groups in total. The summed E-state index contributed by atoms with van der Waals surface area (Å²) in [5, 5.41) is 13.1. The summed E-state index contributed by atoms with van der Waals surface area (Å²) < 4.78 is 0. The average molecular weight is 400 g/mol. The molecule has 148 valence electrons. The predicted octanol–water partition coefficient (Wildman–Crippen LogP) is 3.89. The second-order valence-corrected chi connectivity index (χ2v) is 8.65. The predicted molar refractivity (Wildman–Crippen MR) is 108 cm³/mol. The Morgan fingerprint density at radius 3 is 2.71 bits per heavy atom. The second kappa shape index (κ2) is 8.31. The number of aromatic hydroxyl groups is 1. The van der Waals surface area contributed by atoms with Crippen molar-refractivity contribution < 1.29 is 14.7 Å². The normalized spacial score (nSPS) is 20.3. The van der Waals surface area contributed by atoms with Crippen molar-refractivity contribution in [2.45, 2.75) is 57.0 Å². The van der Waals surface area contributed by atoms with Gasteiger partial charge in [0.15, 0.2) is 5.69 Å². The van der Waals surface area contributed by atoms with Gasteiger partial charge in [0.25, 0.3) is 11.8 Å². The zero-order valence-electron chi connectivity index (χ0n) is 15.8. The molecule has 2 amide bonds. The molecule has 1 aliphatic carbocycles. The Balaban J connectivity index is 1.47. The SMILES string of the molecule is O=C(NC1CCCCC1)c1ccc(C2CCCN2C(=O)c2ncccc2O)s1. The number of hydrogen-bond donors (Lipinski definition) is 2. The molecule has 2 fully saturated rings. The van der Waals surface area contributed by atoms with E-state index in [1.165, 1.54) is 42.9 Å². The molecule has 1 saturated carbocycles. The van der Waals surface area contributed by atoms with Crippen LogP contribution in [0.2, 0.25) is 0 Å². The molecule has 6 nitrogen and oxygen atoms in total. The minimum atomic E-state index is -0.262. The fourth-order valence-electron chi connectivity index (χ4n) is 4.16. The highest BCUT2D eigenvalue weighted by Crippen LogP contribution is 2.37. The van der Waals surface area contributed by atoms with Crippen LogP contribution in [0, 0.1) is 0 Å². The maximum absolute atomic E-state index is 12.9. The number of carbonyl (C=O) groups is 2. The summed E-state index contributed by atoms with van der Waals surface area (Å²) in [6.07, 6.45) is 8.99. The molecule has 7 heteroatoms. The highest BCUT2D eigenvalue weighted by atomic mass is 32.1. The smallest absolute Gasteiger partial charge is 0.276 e. The maximum Gasteiger partial charge on any atom is 0.276 e. The summed E-state index contributed by atoms with van der Waals surface area (Å²) >= 11 is 1.46. The zero-order chi connectivity index (χ0) is 19.5. The highest BCUT2D eigenvalue weighted by Gasteiger charge is 2.33. The summed E-state index contributed by atoms with van der Waals surface area (Å²) in [6, 6.07) is 7.10. The summed E-state index contributed by atoms with van der Waals surface area (Å²) in [5.41, 5.74) is 0.0845. The molecule has 0 radical (unpaired) electrons. The monoisotopic (exact) mass is 399 g/mol. The third kappa shape index (κ3) is 3.90. The summed E-state index contributed by atoms with van der Waals surface area (Å²) in [5.74, 6) is -0.375. The van der Waals surface area contributed by atoms with Gasteiger partial charge in [-0.1, -0.05) is 19.3 Å². The molecule has 2 aliphatic rings. The van der Waals surface area contributed by atoms with E-state index in [-0.39, 0.29) is 35.3 Å². The van der Waals surface area contributed by atoms with E-state index in [1.54, 1.807) is 11.0 Å². The molecule has 0 aromatic carbocycles. The molecule has 0 spiro atoms. The van der Waals surface area contributed by atoms with Crippen LogP contribution >= 0.6 is 11.3 Å². The van der Waals surface area contributed by atoms with E-state index in [2.05, 4.69) is 10.3 Å². The first-order valence-corrected chi connectivity index (χ1v) is 10.8. The van der Waals surface area contributed by atoms with Crippen molar-refractivity contribution in [3.8, 4) is 5.75 Å². The summed E-state index contributed by atoms with van der Waals surface area (Å²) in [7, 11) is 0. The van der Waals surface area contributed by atoms with E-state index >= 15 is 0 Å². The summed E-state index contributed by atoms with van der Waals surface area (Å²) in [6.45, 7) is 0.626. The maximum atomic E-state index is 12.9. The number of amides is 2. The lowest BCUT2D eigenvalue weighted by Crippen LogP contribution is -2.35. The van der Waals surface area contributed by atoms with Crippen molar-refractivity contribution in [3.05, 3.63) is 45.9 Å². The molecule has 4 rings (SSSR count). The Morgan fingerprint density at radius 1 is 1.11 bits per heavy atom. The number of carbonyl (C=O) groups excluding carboxylic acids is 2. The van der Waals surface area contributed by atoms with E-state index in [4.69, 9.17) is 0 Å². The molecule has 1 saturated heterocycles. The minimum absolute atomic E-state index is 0.0126. The molecule has 0 bridgehead atoms. The first kappa shape index (κ1) is 18.9. The number of nitrogens with zero attached hydrogens (tertiary/aromatic N) is 2. The van der Waals surface area contributed by atoms with Crippen molar-refractivity contribution in [1.82, 2.24) is 15.2 Å². The third-order valence-corrected chi connectivity index (χ3v) is 6.81. The van der Waals surface area contributed by atoms with Crippen LogP contribution < -0.4 is 5.32 Å². The van der Waals surface area contributed by atoms with Gasteiger partial charge in [0.05, 0.1) is 10.9 Å². The number of aromatic nitrogens is 1. The van der Waals surface area contributed by atoms with Gasteiger partial charge in [-0.2, -0.15) is 0 Å². The molecule has 28 heavy (non-hydrogen) atoms. The van der Waals surface area contributed by atoms with Crippen molar-refractivity contribution >= 4 is 23.2 Å². The minimum Gasteiger partial charge on any atom is -0.505 e. The van der Waals surface area contributed by atoms with E-state index in [1.807, 2.05) is 12.1 Å². The van der Waals surface area contributed by atoms with Gasteiger partial charge in [-0.05, 0) is 49.9 Å². The molecular formula is C21H25N3O3S. The fourth-order valence-corrected chi connectivity index (χ4v) is 5.22. The summed E-state index contributed by atoms with van der Waals surface area (Å²) in [4.78, 5) is 33.0. The lowest BCUT2D eigenvalue weighted by molar-refractivity contribution is 0.0728.